The number of aromatic nitrogens is 1. The fourth-order valence-corrected chi connectivity index (χ4v) is 3.52. The van der Waals surface area contributed by atoms with Crippen LogP contribution in [0.2, 0.25) is 0 Å². The number of furan rings is 1. The van der Waals surface area contributed by atoms with Crippen LogP contribution in [-0.2, 0) is 6.61 Å². The van der Waals surface area contributed by atoms with Gasteiger partial charge in [0.05, 0.1) is 12.0 Å². The molecule has 4 rings (SSSR count). The van der Waals surface area contributed by atoms with E-state index in [4.69, 9.17) is 19.6 Å². The van der Waals surface area contributed by atoms with Crippen LogP contribution in [-0.4, -0.2) is 11.6 Å². The van der Waals surface area contributed by atoms with Crippen molar-refractivity contribution in [1.29, 1.82) is 0 Å². The van der Waals surface area contributed by atoms with Crippen molar-refractivity contribution in [3.8, 4) is 11.5 Å². The third-order valence-corrected chi connectivity index (χ3v) is 5.24. The molecule has 0 aliphatic carbocycles. The van der Waals surface area contributed by atoms with E-state index in [1.54, 1.807) is 30.6 Å². The van der Waals surface area contributed by atoms with Crippen molar-refractivity contribution in [2.24, 2.45) is 5.73 Å². The van der Waals surface area contributed by atoms with Crippen molar-refractivity contribution in [3.05, 3.63) is 89.7 Å². The minimum atomic E-state index is -0.398. The van der Waals surface area contributed by atoms with E-state index < -0.39 is 5.82 Å². The molecular formula is C25H25FN2O3. The molecule has 31 heavy (non-hydrogen) atoms. The van der Waals surface area contributed by atoms with Gasteiger partial charge in [-0.05, 0) is 55.7 Å². The second-order valence-corrected chi connectivity index (χ2v) is 7.38. The highest BCUT2D eigenvalue weighted by atomic mass is 19.1. The van der Waals surface area contributed by atoms with Gasteiger partial charge in [-0.15, -0.1) is 0 Å². The van der Waals surface area contributed by atoms with Gasteiger partial charge in [0.25, 0.3) is 0 Å². The van der Waals surface area contributed by atoms with Gasteiger partial charge in [-0.2, -0.15) is 0 Å². The lowest BCUT2D eigenvalue weighted by atomic mass is 10.1. The van der Waals surface area contributed by atoms with Gasteiger partial charge in [0.15, 0.2) is 11.6 Å². The Labute approximate surface area is 180 Å². The van der Waals surface area contributed by atoms with E-state index in [9.17, 15) is 4.39 Å². The molecule has 6 heteroatoms. The quantitative estimate of drug-likeness (QED) is 0.351. The number of nitrogens with zero attached hydrogens (tertiary/aromatic N) is 1. The summed E-state index contributed by atoms with van der Waals surface area (Å²) in [5, 5.41) is 0.909. The van der Waals surface area contributed by atoms with Crippen LogP contribution in [0.1, 0.15) is 35.8 Å². The Balaban J connectivity index is 1.40. The zero-order valence-electron chi connectivity index (χ0n) is 17.4. The summed E-state index contributed by atoms with van der Waals surface area (Å²) in [4.78, 5) is 4.11. The van der Waals surface area contributed by atoms with E-state index in [1.807, 2.05) is 37.3 Å². The molecule has 4 aromatic rings. The number of hydrogen-bond donors (Lipinski definition) is 1. The molecule has 0 saturated heterocycles. The summed E-state index contributed by atoms with van der Waals surface area (Å²) in [6, 6.07) is 15.8. The summed E-state index contributed by atoms with van der Waals surface area (Å²) in [6.07, 6.45) is 5.15. The lowest BCUT2D eigenvalue weighted by molar-refractivity contribution is 0.261. The predicted octanol–water partition coefficient (Wildman–Crippen LogP) is 5.71. The minimum absolute atomic E-state index is 0.0640. The van der Waals surface area contributed by atoms with Crippen molar-refractivity contribution in [2.75, 3.05) is 6.61 Å². The molecule has 0 fully saturated rings. The number of para-hydroxylation sites is 1. The Morgan fingerprint density at radius 3 is 2.68 bits per heavy atom. The third-order valence-electron chi connectivity index (χ3n) is 5.24. The third kappa shape index (κ3) is 4.86. The fourth-order valence-electron chi connectivity index (χ4n) is 3.52. The van der Waals surface area contributed by atoms with Crippen LogP contribution in [0.15, 0.2) is 71.4 Å². The van der Waals surface area contributed by atoms with Gasteiger partial charge in [0.2, 0.25) is 0 Å². The standard InChI is InChI=1S/C25H25FN2O3/c1-17-24(16-30-21-10-3-2-8-19(21)26)31-23-12-4-11-22(25(17)23)29-14-6-9-20(27)18-7-5-13-28-15-18/h2-5,7-8,10-13,15,20H,6,9,14,16,27H2,1H3. The highest BCUT2D eigenvalue weighted by Crippen LogP contribution is 2.34. The highest BCUT2D eigenvalue weighted by molar-refractivity contribution is 5.88. The minimum Gasteiger partial charge on any atom is -0.493 e. The summed E-state index contributed by atoms with van der Waals surface area (Å²) in [7, 11) is 0. The number of pyridine rings is 1. The average Bonchev–Trinajstić information content (AvgIpc) is 3.13. The van der Waals surface area contributed by atoms with Gasteiger partial charge in [0.1, 0.15) is 23.7 Å². The number of halogens is 1. The summed E-state index contributed by atoms with van der Waals surface area (Å²) in [6.45, 7) is 2.64. The number of hydrogen-bond acceptors (Lipinski definition) is 5. The first-order valence-corrected chi connectivity index (χ1v) is 10.3. The van der Waals surface area contributed by atoms with Crippen LogP contribution >= 0.6 is 0 Å². The molecule has 0 amide bonds. The van der Waals surface area contributed by atoms with Gasteiger partial charge in [-0.3, -0.25) is 4.98 Å². The van der Waals surface area contributed by atoms with Gasteiger partial charge < -0.3 is 19.6 Å². The molecule has 0 spiro atoms. The van der Waals surface area contributed by atoms with Gasteiger partial charge >= 0.3 is 0 Å². The topological polar surface area (TPSA) is 70.5 Å². The Morgan fingerprint density at radius 1 is 1.03 bits per heavy atom. The van der Waals surface area contributed by atoms with Crippen molar-refractivity contribution in [3.63, 3.8) is 0 Å². The maximum absolute atomic E-state index is 13.8. The zero-order valence-corrected chi connectivity index (χ0v) is 17.4. The molecule has 0 radical (unpaired) electrons. The Hall–Kier alpha value is -3.38. The molecule has 0 bridgehead atoms. The molecule has 1 unspecified atom stereocenters. The highest BCUT2D eigenvalue weighted by Gasteiger charge is 2.16. The molecule has 0 aliphatic heterocycles. The summed E-state index contributed by atoms with van der Waals surface area (Å²) < 4.78 is 31.4. The second kappa shape index (κ2) is 9.62. The van der Waals surface area contributed by atoms with E-state index in [2.05, 4.69) is 4.98 Å². The van der Waals surface area contributed by atoms with Crippen LogP contribution in [0.25, 0.3) is 11.0 Å². The Bertz CT molecular complexity index is 1140. The molecule has 2 aromatic heterocycles. The zero-order chi connectivity index (χ0) is 21.6. The van der Waals surface area contributed by atoms with Crippen LogP contribution in [0.5, 0.6) is 11.5 Å². The molecule has 0 saturated carbocycles. The first-order valence-electron chi connectivity index (χ1n) is 10.3. The number of rotatable bonds is 9. The van der Waals surface area contributed by atoms with E-state index in [0.717, 1.165) is 35.1 Å². The molecule has 0 aliphatic rings. The van der Waals surface area contributed by atoms with Crippen LogP contribution < -0.4 is 15.2 Å². The van der Waals surface area contributed by atoms with Crippen LogP contribution in [0.4, 0.5) is 4.39 Å². The number of nitrogens with two attached hydrogens (primary N) is 1. The number of aryl methyl sites for hydroxylation is 1. The fraction of sp³-hybridized carbons (Fsp3) is 0.240. The second-order valence-electron chi connectivity index (χ2n) is 7.38. The average molecular weight is 420 g/mol. The number of fused-ring (bicyclic) bond motifs is 1. The lowest BCUT2D eigenvalue weighted by Crippen LogP contribution is -2.12. The summed E-state index contributed by atoms with van der Waals surface area (Å²) >= 11 is 0. The predicted molar refractivity (Wildman–Crippen MR) is 118 cm³/mol. The first kappa shape index (κ1) is 20.9. The SMILES string of the molecule is Cc1c(COc2ccccc2F)oc2cccc(OCCCC(N)c3cccnc3)c12. The maximum atomic E-state index is 13.8. The molecule has 5 nitrogen and oxygen atoms in total. The van der Waals surface area contributed by atoms with E-state index in [-0.39, 0.29) is 18.4 Å². The van der Waals surface area contributed by atoms with Crippen LogP contribution in [0.3, 0.4) is 0 Å². The lowest BCUT2D eigenvalue weighted by Gasteiger charge is -2.12. The number of ether oxygens (including phenoxy) is 2. The largest absolute Gasteiger partial charge is 0.493 e. The van der Waals surface area contributed by atoms with E-state index >= 15 is 0 Å². The van der Waals surface area contributed by atoms with Crippen molar-refractivity contribution in [2.45, 2.75) is 32.4 Å². The smallest absolute Gasteiger partial charge is 0.165 e. The van der Waals surface area contributed by atoms with Crippen LogP contribution in [0, 0.1) is 12.7 Å². The number of benzene rings is 2. The van der Waals surface area contributed by atoms with Crippen molar-refractivity contribution >= 4 is 11.0 Å². The Morgan fingerprint density at radius 2 is 1.87 bits per heavy atom. The summed E-state index contributed by atoms with van der Waals surface area (Å²) in [5.41, 5.74) is 8.90. The van der Waals surface area contributed by atoms with Crippen molar-refractivity contribution in [1.82, 2.24) is 4.98 Å². The van der Waals surface area contributed by atoms with Gasteiger partial charge in [-0.1, -0.05) is 24.3 Å². The maximum Gasteiger partial charge on any atom is 0.165 e. The van der Waals surface area contributed by atoms with Gasteiger partial charge in [-0.25, -0.2) is 4.39 Å². The van der Waals surface area contributed by atoms with Gasteiger partial charge in [0, 0.05) is 24.0 Å². The monoisotopic (exact) mass is 420 g/mol. The normalized spacial score (nSPS) is 12.1. The van der Waals surface area contributed by atoms with E-state index in [1.165, 1.54) is 6.07 Å². The molecule has 2 aromatic carbocycles. The van der Waals surface area contributed by atoms with Crippen molar-refractivity contribution < 1.29 is 18.3 Å². The summed E-state index contributed by atoms with van der Waals surface area (Å²) in [5.74, 6) is 1.20. The molecule has 1 atom stereocenters. The first-order chi connectivity index (χ1) is 15.1. The Kier molecular flexibility index (Phi) is 6.48. The molecule has 2 heterocycles. The van der Waals surface area contributed by atoms with E-state index in [0.29, 0.717) is 18.0 Å². The molecule has 2 N–H and O–H groups in total. The molecular weight excluding hydrogens is 395 g/mol. The molecule has 160 valence electrons.